The Morgan fingerprint density at radius 3 is 2.46 bits per heavy atom. The van der Waals surface area contributed by atoms with Gasteiger partial charge >= 0.3 is 5.97 Å². The second-order valence-corrected chi connectivity index (χ2v) is 6.49. The van der Waals surface area contributed by atoms with Crippen LogP contribution in [0, 0.1) is 5.82 Å². The molecule has 1 aromatic rings. The first-order valence-corrected chi connectivity index (χ1v) is 7.98. The zero-order chi connectivity index (χ0) is 17.4. The lowest BCUT2D eigenvalue weighted by Crippen LogP contribution is -2.58. The molecular weight excluding hydrogens is 315 g/mol. The molecule has 1 amide bonds. The van der Waals surface area contributed by atoms with Crippen LogP contribution in [0.5, 0.6) is 0 Å². The van der Waals surface area contributed by atoms with Gasteiger partial charge in [-0.15, -0.1) is 0 Å². The van der Waals surface area contributed by atoms with Crippen LogP contribution in [0.2, 0.25) is 0 Å². The van der Waals surface area contributed by atoms with Gasteiger partial charge < -0.3 is 20.5 Å². The Labute approximate surface area is 139 Å². The highest BCUT2D eigenvalue weighted by atomic mass is 19.1. The summed E-state index contributed by atoms with van der Waals surface area (Å²) < 4.78 is 24.0. The lowest BCUT2D eigenvalue weighted by Gasteiger charge is -2.33. The van der Waals surface area contributed by atoms with E-state index in [4.69, 9.17) is 10.5 Å². The average Bonchev–Trinajstić information content (AvgIpc) is 3.35. The second-order valence-electron chi connectivity index (χ2n) is 6.49. The molecule has 0 atom stereocenters. The van der Waals surface area contributed by atoms with Crippen molar-refractivity contribution in [2.45, 2.75) is 36.8 Å². The monoisotopic (exact) mass is 336 g/mol. The number of amides is 1. The van der Waals surface area contributed by atoms with E-state index in [0.29, 0.717) is 44.5 Å². The van der Waals surface area contributed by atoms with Crippen LogP contribution in [-0.2, 0) is 19.8 Å². The van der Waals surface area contributed by atoms with E-state index in [1.54, 1.807) is 6.07 Å². The molecule has 0 aromatic heterocycles. The van der Waals surface area contributed by atoms with E-state index in [1.807, 2.05) is 0 Å². The summed E-state index contributed by atoms with van der Waals surface area (Å²) in [5.41, 5.74) is 5.17. The standard InChI is InChI=1S/C17H21FN2O4/c1-23-14(21)12-3-2-11(10-13(12)18)17(4-5-17)20-15(22)16(19)6-8-24-9-7-16/h2-3,10H,4-9,19H2,1H3,(H,20,22). The Balaban J connectivity index is 1.78. The molecular formula is C17H21FN2O4. The lowest BCUT2D eigenvalue weighted by molar-refractivity contribution is -0.130. The molecule has 3 rings (SSSR count). The molecule has 0 radical (unpaired) electrons. The average molecular weight is 336 g/mol. The fourth-order valence-electron chi connectivity index (χ4n) is 3.00. The van der Waals surface area contributed by atoms with Gasteiger partial charge in [0.1, 0.15) is 5.82 Å². The molecule has 1 saturated heterocycles. The van der Waals surface area contributed by atoms with Crippen molar-refractivity contribution in [3.63, 3.8) is 0 Å². The molecule has 130 valence electrons. The highest BCUT2D eigenvalue weighted by Crippen LogP contribution is 2.46. The summed E-state index contributed by atoms with van der Waals surface area (Å²) in [6, 6.07) is 4.32. The van der Waals surface area contributed by atoms with Gasteiger partial charge in [0, 0.05) is 13.2 Å². The Morgan fingerprint density at radius 2 is 1.92 bits per heavy atom. The molecule has 1 aliphatic heterocycles. The Kier molecular flexibility index (Phi) is 4.31. The lowest BCUT2D eigenvalue weighted by atomic mass is 9.89. The maximum absolute atomic E-state index is 14.2. The topological polar surface area (TPSA) is 90.7 Å². The number of benzene rings is 1. The molecule has 0 spiro atoms. The van der Waals surface area contributed by atoms with Crippen molar-refractivity contribution in [3.8, 4) is 0 Å². The first-order valence-electron chi connectivity index (χ1n) is 7.98. The smallest absolute Gasteiger partial charge is 0.340 e. The van der Waals surface area contributed by atoms with Crippen molar-refractivity contribution in [3.05, 3.63) is 35.1 Å². The van der Waals surface area contributed by atoms with Gasteiger partial charge in [-0.1, -0.05) is 6.07 Å². The molecule has 0 unspecified atom stereocenters. The number of esters is 1. The van der Waals surface area contributed by atoms with Crippen molar-refractivity contribution < 1.29 is 23.5 Å². The molecule has 0 bridgehead atoms. The van der Waals surface area contributed by atoms with Crippen LogP contribution in [0.3, 0.4) is 0 Å². The number of hydrogen-bond acceptors (Lipinski definition) is 5. The number of halogens is 1. The third kappa shape index (κ3) is 3.01. The number of rotatable bonds is 4. The minimum absolute atomic E-state index is 0.122. The van der Waals surface area contributed by atoms with Crippen molar-refractivity contribution in [2.75, 3.05) is 20.3 Å². The van der Waals surface area contributed by atoms with Crippen molar-refractivity contribution in [2.24, 2.45) is 5.73 Å². The highest BCUT2D eigenvalue weighted by Gasteiger charge is 2.49. The molecule has 1 aromatic carbocycles. The molecule has 1 heterocycles. The highest BCUT2D eigenvalue weighted by molar-refractivity contribution is 5.90. The fourth-order valence-corrected chi connectivity index (χ4v) is 3.00. The minimum atomic E-state index is -0.946. The largest absolute Gasteiger partial charge is 0.465 e. The SMILES string of the molecule is COC(=O)c1ccc(C2(NC(=O)C3(N)CCOCC3)CC2)cc1F. The van der Waals surface area contributed by atoms with Gasteiger partial charge in [0.2, 0.25) is 5.91 Å². The summed E-state index contributed by atoms with van der Waals surface area (Å²) in [5.74, 6) is -1.62. The quantitative estimate of drug-likeness (QED) is 0.807. The molecule has 3 N–H and O–H groups in total. The normalized spacial score (nSPS) is 21.0. The van der Waals surface area contributed by atoms with Crippen molar-refractivity contribution >= 4 is 11.9 Å². The van der Waals surface area contributed by atoms with E-state index in [-0.39, 0.29) is 11.5 Å². The van der Waals surface area contributed by atoms with Gasteiger partial charge in [-0.2, -0.15) is 0 Å². The maximum atomic E-state index is 14.2. The number of nitrogens with one attached hydrogen (secondary N) is 1. The van der Waals surface area contributed by atoms with E-state index < -0.39 is 22.9 Å². The van der Waals surface area contributed by atoms with Gasteiger partial charge in [0.05, 0.1) is 23.8 Å². The van der Waals surface area contributed by atoms with Gasteiger partial charge in [-0.05, 0) is 43.4 Å². The van der Waals surface area contributed by atoms with E-state index in [9.17, 15) is 14.0 Å². The van der Waals surface area contributed by atoms with Gasteiger partial charge in [-0.3, -0.25) is 4.79 Å². The zero-order valence-electron chi connectivity index (χ0n) is 13.6. The predicted octanol–water partition coefficient (Wildman–Crippen LogP) is 1.23. The van der Waals surface area contributed by atoms with Crippen LogP contribution in [0.4, 0.5) is 4.39 Å². The van der Waals surface area contributed by atoms with Gasteiger partial charge in [0.25, 0.3) is 0 Å². The third-order valence-electron chi connectivity index (χ3n) is 4.87. The Hall–Kier alpha value is -1.99. The van der Waals surface area contributed by atoms with Crippen LogP contribution in [0.25, 0.3) is 0 Å². The summed E-state index contributed by atoms with van der Waals surface area (Å²) in [6.07, 6.45) is 2.35. The first kappa shape index (κ1) is 16.9. The molecule has 1 saturated carbocycles. The summed E-state index contributed by atoms with van der Waals surface area (Å²) in [7, 11) is 1.20. The molecule has 6 nitrogen and oxygen atoms in total. The zero-order valence-corrected chi connectivity index (χ0v) is 13.6. The summed E-state index contributed by atoms with van der Waals surface area (Å²) in [5, 5.41) is 2.98. The van der Waals surface area contributed by atoms with Crippen LogP contribution in [-0.4, -0.2) is 37.7 Å². The van der Waals surface area contributed by atoms with Crippen LogP contribution in [0.15, 0.2) is 18.2 Å². The second kappa shape index (κ2) is 6.14. The van der Waals surface area contributed by atoms with E-state index in [2.05, 4.69) is 10.1 Å². The number of methoxy groups -OCH3 is 1. The van der Waals surface area contributed by atoms with Crippen LogP contribution >= 0.6 is 0 Å². The van der Waals surface area contributed by atoms with Gasteiger partial charge in [0.15, 0.2) is 0 Å². The summed E-state index contributed by atoms with van der Waals surface area (Å²) in [4.78, 5) is 24.1. The van der Waals surface area contributed by atoms with Crippen LogP contribution < -0.4 is 11.1 Å². The van der Waals surface area contributed by atoms with E-state index >= 15 is 0 Å². The summed E-state index contributed by atoms with van der Waals surface area (Å²) >= 11 is 0. The number of carbonyl (C=O) groups excluding carboxylic acids is 2. The van der Waals surface area contributed by atoms with E-state index in [0.717, 1.165) is 0 Å². The Bertz CT molecular complexity index is 667. The Morgan fingerprint density at radius 1 is 1.25 bits per heavy atom. The number of hydrogen-bond donors (Lipinski definition) is 2. The first-order chi connectivity index (χ1) is 11.4. The number of carbonyl (C=O) groups is 2. The molecule has 2 aliphatic rings. The number of ether oxygens (including phenoxy) is 2. The maximum Gasteiger partial charge on any atom is 0.340 e. The van der Waals surface area contributed by atoms with Gasteiger partial charge in [-0.25, -0.2) is 9.18 Å². The minimum Gasteiger partial charge on any atom is -0.465 e. The molecule has 2 fully saturated rings. The fraction of sp³-hybridized carbons (Fsp3) is 0.529. The predicted molar refractivity (Wildman–Crippen MR) is 83.8 cm³/mol. The third-order valence-corrected chi connectivity index (χ3v) is 4.87. The molecule has 7 heteroatoms. The van der Waals surface area contributed by atoms with E-state index in [1.165, 1.54) is 19.2 Å². The van der Waals surface area contributed by atoms with Crippen molar-refractivity contribution in [1.82, 2.24) is 5.32 Å². The molecule has 1 aliphatic carbocycles. The molecule has 24 heavy (non-hydrogen) atoms. The summed E-state index contributed by atoms with van der Waals surface area (Å²) in [6.45, 7) is 0.915. The number of nitrogens with two attached hydrogens (primary N) is 1. The van der Waals surface area contributed by atoms with Crippen LogP contribution in [0.1, 0.15) is 41.6 Å². The van der Waals surface area contributed by atoms with Crippen molar-refractivity contribution in [1.29, 1.82) is 0 Å².